The van der Waals surface area contributed by atoms with Crippen LogP contribution in [-0.2, 0) is 23.8 Å². The van der Waals surface area contributed by atoms with Gasteiger partial charge in [-0.2, -0.15) is 0 Å². The Kier molecular flexibility index (Phi) is 6.30. The Morgan fingerprint density at radius 3 is 2.13 bits per heavy atom. The smallest absolute Gasteiger partial charge is 0.192 e. The van der Waals surface area contributed by atoms with Crippen LogP contribution in [0.4, 0.5) is 5.82 Å². The summed E-state index contributed by atoms with van der Waals surface area (Å²) in [5, 5.41) is 0.397. The minimum atomic E-state index is -1.89. The van der Waals surface area contributed by atoms with Crippen LogP contribution in [0.15, 0.2) is 0 Å². The van der Waals surface area contributed by atoms with Crippen LogP contribution in [0.1, 0.15) is 65.6 Å². The summed E-state index contributed by atoms with van der Waals surface area (Å²) in [6, 6.07) is 0. The molecule has 0 saturated heterocycles. The number of fused-ring (bicyclic) bond motifs is 3. The van der Waals surface area contributed by atoms with Crippen LogP contribution >= 0.6 is 0 Å². The summed E-state index contributed by atoms with van der Waals surface area (Å²) in [7, 11) is -3.69. The lowest BCUT2D eigenvalue weighted by Gasteiger charge is -2.38. The summed E-state index contributed by atoms with van der Waals surface area (Å²) < 4.78 is 9.09. The second kappa shape index (κ2) is 7.99. The Balaban J connectivity index is 2.14. The van der Waals surface area contributed by atoms with Gasteiger partial charge in [0.05, 0.1) is 17.6 Å². The standard InChI is InChI=1S/C24H44N4OSi2/c1-23(2,3)30(7,8)22-27-19-20(17-13-11-12-14-18(17)26-21(19)25)28(22)15-16-29-31(9,10)24(4,5)6/h11-16H2,1-10H3,(H2,25,26). The largest absolute Gasteiger partial charge is 0.415 e. The number of nitrogen functional groups attached to an aromatic ring is 1. The molecule has 2 heterocycles. The molecule has 1 aliphatic carbocycles. The minimum absolute atomic E-state index is 0.189. The van der Waals surface area contributed by atoms with Gasteiger partial charge >= 0.3 is 0 Å². The molecule has 174 valence electrons. The van der Waals surface area contributed by atoms with E-state index in [-0.39, 0.29) is 10.1 Å². The van der Waals surface area contributed by atoms with E-state index < -0.39 is 16.4 Å². The fourth-order valence-electron chi connectivity index (χ4n) is 4.04. The maximum absolute atomic E-state index is 6.60. The van der Waals surface area contributed by atoms with Crippen LogP contribution in [0, 0.1) is 0 Å². The van der Waals surface area contributed by atoms with Crippen LogP contribution in [-0.4, -0.2) is 37.5 Å². The third kappa shape index (κ3) is 4.37. The summed E-state index contributed by atoms with van der Waals surface area (Å²) in [6.07, 6.45) is 4.51. The molecule has 0 unspecified atom stereocenters. The lowest BCUT2D eigenvalue weighted by atomic mass is 9.95. The molecule has 5 nitrogen and oxygen atoms in total. The highest BCUT2D eigenvalue weighted by Gasteiger charge is 2.42. The van der Waals surface area contributed by atoms with Crippen LogP contribution in [0.25, 0.3) is 11.0 Å². The molecule has 1 aliphatic rings. The van der Waals surface area contributed by atoms with Gasteiger partial charge in [-0.3, -0.25) is 0 Å². The van der Waals surface area contributed by atoms with Gasteiger partial charge in [0.15, 0.2) is 14.1 Å². The van der Waals surface area contributed by atoms with E-state index >= 15 is 0 Å². The molecular weight excluding hydrogens is 416 g/mol. The monoisotopic (exact) mass is 460 g/mol. The number of aromatic nitrogens is 3. The number of imidazole rings is 1. The molecule has 2 N–H and O–H groups in total. The van der Waals surface area contributed by atoms with Gasteiger partial charge in [-0.15, -0.1) is 0 Å². The van der Waals surface area contributed by atoms with E-state index in [1.807, 2.05) is 0 Å². The predicted molar refractivity (Wildman–Crippen MR) is 139 cm³/mol. The van der Waals surface area contributed by atoms with Gasteiger partial charge in [0.2, 0.25) is 0 Å². The Labute approximate surface area is 191 Å². The molecule has 0 bridgehead atoms. The zero-order valence-corrected chi connectivity index (χ0v) is 23.6. The SMILES string of the molecule is CC(C)(C)[Si](C)(C)OCCn1c([Si](C)(C)C(C)(C)C)nc2c(N)nc3c(c21)CCCC3. The molecule has 0 amide bonds. The molecular formula is C24H44N4OSi2. The molecule has 0 aromatic carbocycles. The van der Waals surface area contributed by atoms with Crippen LogP contribution in [0.5, 0.6) is 0 Å². The van der Waals surface area contributed by atoms with Crippen molar-refractivity contribution in [3.8, 4) is 0 Å². The molecule has 0 atom stereocenters. The molecule has 0 fully saturated rings. The molecule has 31 heavy (non-hydrogen) atoms. The van der Waals surface area contributed by atoms with E-state index in [0.717, 1.165) is 31.5 Å². The Bertz CT molecular complexity index is 965. The van der Waals surface area contributed by atoms with Crippen molar-refractivity contribution in [2.24, 2.45) is 0 Å². The average molecular weight is 461 g/mol. The van der Waals surface area contributed by atoms with E-state index in [4.69, 9.17) is 20.1 Å². The van der Waals surface area contributed by atoms with Crippen LogP contribution < -0.4 is 11.2 Å². The Morgan fingerprint density at radius 1 is 0.935 bits per heavy atom. The van der Waals surface area contributed by atoms with Crippen LogP contribution in [0.2, 0.25) is 36.3 Å². The van der Waals surface area contributed by atoms with Crippen molar-refractivity contribution >= 4 is 38.7 Å². The second-order valence-electron chi connectivity index (χ2n) is 12.4. The van der Waals surface area contributed by atoms with E-state index in [1.54, 1.807) is 0 Å². The fourth-order valence-corrected chi connectivity index (χ4v) is 7.04. The summed E-state index contributed by atoms with van der Waals surface area (Å²) in [5.74, 6) is 0.597. The molecule has 3 rings (SSSR count). The first-order valence-electron chi connectivity index (χ1n) is 11.9. The number of anilines is 1. The van der Waals surface area contributed by atoms with Crippen LogP contribution in [0.3, 0.4) is 0 Å². The number of nitrogens with two attached hydrogens (primary N) is 1. The Morgan fingerprint density at radius 2 is 1.55 bits per heavy atom. The quantitative estimate of drug-likeness (QED) is 0.587. The molecule has 2 aromatic heterocycles. The van der Waals surface area contributed by atoms with Crippen molar-refractivity contribution in [2.45, 2.75) is 110 Å². The van der Waals surface area contributed by atoms with Crippen molar-refractivity contribution in [1.29, 1.82) is 0 Å². The van der Waals surface area contributed by atoms with Gasteiger partial charge < -0.3 is 14.7 Å². The first-order valence-corrected chi connectivity index (χ1v) is 17.8. The minimum Gasteiger partial charge on any atom is -0.415 e. The van der Waals surface area contributed by atoms with Gasteiger partial charge in [-0.05, 0) is 54.4 Å². The third-order valence-electron chi connectivity index (χ3n) is 8.21. The summed E-state index contributed by atoms with van der Waals surface area (Å²) >= 11 is 0. The first-order chi connectivity index (χ1) is 14.1. The highest BCUT2D eigenvalue weighted by molar-refractivity contribution is 6.91. The number of hydrogen-bond acceptors (Lipinski definition) is 4. The molecule has 0 radical (unpaired) electrons. The molecule has 0 saturated carbocycles. The zero-order chi connectivity index (χ0) is 23.4. The average Bonchev–Trinajstić information content (AvgIpc) is 3.01. The Hall–Kier alpha value is -1.19. The van der Waals surface area contributed by atoms with Gasteiger partial charge in [-0.1, -0.05) is 54.6 Å². The second-order valence-corrected chi connectivity index (χ2v) is 22.4. The van der Waals surface area contributed by atoms with E-state index in [1.165, 1.54) is 35.1 Å². The van der Waals surface area contributed by atoms with E-state index in [2.05, 4.69) is 72.3 Å². The zero-order valence-electron chi connectivity index (χ0n) is 21.6. The maximum Gasteiger partial charge on any atom is 0.192 e. The molecule has 2 aromatic rings. The summed E-state index contributed by atoms with van der Waals surface area (Å²) in [4.78, 5) is 10.0. The van der Waals surface area contributed by atoms with E-state index in [9.17, 15) is 0 Å². The topological polar surface area (TPSA) is 66.0 Å². The number of aryl methyl sites for hydroxylation is 2. The van der Waals surface area contributed by atoms with Crippen molar-refractivity contribution in [1.82, 2.24) is 14.5 Å². The normalized spacial score (nSPS) is 16.1. The highest BCUT2D eigenvalue weighted by atomic mass is 28.4. The van der Waals surface area contributed by atoms with Gasteiger partial charge in [-0.25, -0.2) is 9.97 Å². The van der Waals surface area contributed by atoms with Crippen molar-refractivity contribution in [2.75, 3.05) is 12.3 Å². The van der Waals surface area contributed by atoms with Gasteiger partial charge in [0.25, 0.3) is 0 Å². The first kappa shape index (κ1) is 24.5. The molecule has 0 aliphatic heterocycles. The third-order valence-corrected chi connectivity index (χ3v) is 18.0. The predicted octanol–water partition coefficient (Wildman–Crippen LogP) is 5.63. The fraction of sp³-hybridized carbons (Fsp3) is 0.750. The highest BCUT2D eigenvalue weighted by Crippen LogP contribution is 2.38. The molecule has 0 spiro atoms. The van der Waals surface area contributed by atoms with Gasteiger partial charge in [0.1, 0.15) is 13.6 Å². The van der Waals surface area contributed by atoms with Crippen molar-refractivity contribution < 1.29 is 4.43 Å². The maximum atomic E-state index is 6.60. The van der Waals surface area contributed by atoms with E-state index in [0.29, 0.717) is 5.82 Å². The number of nitrogens with zero attached hydrogens (tertiary/aromatic N) is 3. The van der Waals surface area contributed by atoms with Gasteiger partial charge in [0, 0.05) is 12.2 Å². The summed E-state index contributed by atoms with van der Waals surface area (Å²) in [5.41, 5.74) is 12.4. The number of rotatable bonds is 5. The van der Waals surface area contributed by atoms with Crippen molar-refractivity contribution in [3.05, 3.63) is 11.3 Å². The number of hydrogen-bond donors (Lipinski definition) is 1. The van der Waals surface area contributed by atoms with Crippen molar-refractivity contribution in [3.63, 3.8) is 0 Å². The summed E-state index contributed by atoms with van der Waals surface area (Å²) in [6.45, 7) is 25.1. The lowest BCUT2D eigenvalue weighted by Crippen LogP contribution is -2.54. The molecule has 7 heteroatoms. The lowest BCUT2D eigenvalue weighted by molar-refractivity contribution is 0.274. The number of pyridine rings is 1.